The third-order valence-corrected chi connectivity index (χ3v) is 6.56. The number of nitrogens with two attached hydrogens (primary N) is 1. The molecule has 6 nitrogen and oxygen atoms in total. The Morgan fingerprint density at radius 1 is 1.06 bits per heavy atom. The number of aromatic nitrogens is 1. The van der Waals surface area contributed by atoms with Crippen LogP contribution in [0.25, 0.3) is 5.69 Å². The maximum atomic E-state index is 13.0. The molecule has 2 aromatic carbocycles. The van der Waals surface area contributed by atoms with Gasteiger partial charge in [-0.3, -0.25) is 14.5 Å². The predicted molar refractivity (Wildman–Crippen MR) is 132 cm³/mol. The fourth-order valence-electron chi connectivity index (χ4n) is 4.76. The van der Waals surface area contributed by atoms with Gasteiger partial charge in [-0.2, -0.15) is 0 Å². The third kappa shape index (κ3) is 5.01. The van der Waals surface area contributed by atoms with Crippen molar-refractivity contribution in [3.8, 4) is 5.69 Å². The Hall–Kier alpha value is -3.38. The molecule has 3 aromatic rings. The van der Waals surface area contributed by atoms with Gasteiger partial charge in [-0.1, -0.05) is 30.3 Å². The van der Waals surface area contributed by atoms with Crippen molar-refractivity contribution in [2.45, 2.75) is 40.2 Å². The number of rotatable bonds is 6. The number of amides is 2. The van der Waals surface area contributed by atoms with Gasteiger partial charge in [-0.25, -0.2) is 0 Å². The van der Waals surface area contributed by atoms with E-state index >= 15 is 0 Å². The summed E-state index contributed by atoms with van der Waals surface area (Å²) in [6, 6.07) is 18.0. The summed E-state index contributed by atoms with van der Waals surface area (Å²) >= 11 is 0. The summed E-state index contributed by atoms with van der Waals surface area (Å²) in [7, 11) is 0. The fraction of sp³-hybridized carbons (Fsp3) is 0.333. The molecule has 6 heteroatoms. The van der Waals surface area contributed by atoms with Crippen molar-refractivity contribution in [2.75, 3.05) is 18.4 Å². The van der Waals surface area contributed by atoms with Gasteiger partial charge in [0.2, 0.25) is 5.91 Å². The van der Waals surface area contributed by atoms with E-state index in [9.17, 15) is 9.59 Å². The van der Waals surface area contributed by atoms with Crippen LogP contribution < -0.4 is 11.1 Å². The standard InChI is InChI=1S/C27H32N4O2/c1-18-7-4-5-9-25(18)31-19(2)15-24(20(31)3)27(33)29-23-12-10-21(11-13-23)16-30-14-6-8-22(17-30)26(28)32/h4-5,7,9-13,15,22H,6,8,14,16-17H2,1-3H3,(H2,28,32)(H,29,33). The second kappa shape index (κ2) is 9.63. The number of likely N-dealkylation sites (tertiary alicyclic amines) is 1. The van der Waals surface area contributed by atoms with Crippen molar-refractivity contribution in [2.24, 2.45) is 11.7 Å². The van der Waals surface area contributed by atoms with Crippen LogP contribution in [-0.2, 0) is 11.3 Å². The highest BCUT2D eigenvalue weighted by Gasteiger charge is 2.24. The van der Waals surface area contributed by atoms with Crippen molar-refractivity contribution in [3.63, 3.8) is 0 Å². The molecule has 2 amide bonds. The van der Waals surface area contributed by atoms with E-state index in [1.807, 2.05) is 56.3 Å². The number of carbonyl (C=O) groups excluding carboxylic acids is 2. The second-order valence-electron chi connectivity index (χ2n) is 9.03. The van der Waals surface area contributed by atoms with Gasteiger partial charge in [-0.05, 0) is 75.5 Å². The summed E-state index contributed by atoms with van der Waals surface area (Å²) in [5, 5.41) is 3.03. The lowest BCUT2D eigenvalue weighted by atomic mass is 9.97. The summed E-state index contributed by atoms with van der Waals surface area (Å²) in [5.74, 6) is -0.383. The molecule has 33 heavy (non-hydrogen) atoms. The van der Waals surface area contributed by atoms with Crippen molar-refractivity contribution in [3.05, 3.63) is 82.7 Å². The molecule has 2 heterocycles. The first kappa shape index (κ1) is 22.8. The average Bonchev–Trinajstić information content (AvgIpc) is 3.09. The second-order valence-corrected chi connectivity index (χ2v) is 9.03. The number of para-hydroxylation sites is 1. The number of nitrogens with one attached hydrogen (secondary N) is 1. The molecular weight excluding hydrogens is 412 g/mol. The van der Waals surface area contributed by atoms with E-state index in [1.165, 1.54) is 0 Å². The summed E-state index contributed by atoms with van der Waals surface area (Å²) in [5.41, 5.74) is 12.3. The Morgan fingerprint density at radius 2 is 1.79 bits per heavy atom. The van der Waals surface area contributed by atoms with Gasteiger partial charge in [-0.15, -0.1) is 0 Å². The number of benzene rings is 2. The highest BCUT2D eigenvalue weighted by molar-refractivity contribution is 6.05. The molecule has 1 aromatic heterocycles. The van der Waals surface area contributed by atoms with E-state index in [-0.39, 0.29) is 17.7 Å². The molecule has 0 spiro atoms. The first-order valence-electron chi connectivity index (χ1n) is 11.5. The molecule has 1 aliphatic heterocycles. The van der Waals surface area contributed by atoms with Crippen LogP contribution in [0.5, 0.6) is 0 Å². The van der Waals surface area contributed by atoms with E-state index in [2.05, 4.69) is 33.8 Å². The number of aryl methyl sites for hydroxylation is 2. The molecule has 4 rings (SSSR count). The van der Waals surface area contributed by atoms with Crippen LogP contribution in [0, 0.1) is 26.7 Å². The Bertz CT molecular complexity index is 1160. The molecular formula is C27H32N4O2. The van der Waals surface area contributed by atoms with Gasteiger partial charge in [0, 0.05) is 35.9 Å². The van der Waals surface area contributed by atoms with Crippen LogP contribution in [0.1, 0.15) is 45.7 Å². The summed E-state index contributed by atoms with van der Waals surface area (Å²) < 4.78 is 2.13. The summed E-state index contributed by atoms with van der Waals surface area (Å²) in [6.07, 6.45) is 1.87. The molecule has 1 atom stereocenters. The number of primary amides is 1. The zero-order chi connectivity index (χ0) is 23.5. The zero-order valence-corrected chi connectivity index (χ0v) is 19.6. The lowest BCUT2D eigenvalue weighted by Crippen LogP contribution is -2.40. The molecule has 1 saturated heterocycles. The van der Waals surface area contributed by atoms with E-state index in [4.69, 9.17) is 5.73 Å². The number of hydrogen-bond acceptors (Lipinski definition) is 3. The molecule has 1 aliphatic rings. The fourth-order valence-corrected chi connectivity index (χ4v) is 4.76. The van der Waals surface area contributed by atoms with E-state index in [1.54, 1.807) is 0 Å². The van der Waals surface area contributed by atoms with Gasteiger partial charge in [0.1, 0.15) is 0 Å². The summed E-state index contributed by atoms with van der Waals surface area (Å²) in [4.78, 5) is 26.8. The van der Waals surface area contributed by atoms with Crippen LogP contribution in [-0.4, -0.2) is 34.4 Å². The number of carbonyl (C=O) groups is 2. The molecule has 1 unspecified atom stereocenters. The molecule has 0 saturated carbocycles. The Balaban J connectivity index is 1.44. The molecule has 3 N–H and O–H groups in total. The predicted octanol–water partition coefficient (Wildman–Crippen LogP) is 4.35. The van der Waals surface area contributed by atoms with E-state index in [0.29, 0.717) is 12.1 Å². The van der Waals surface area contributed by atoms with Crippen molar-refractivity contribution in [1.29, 1.82) is 0 Å². The quantitative estimate of drug-likeness (QED) is 0.593. The van der Waals surface area contributed by atoms with Crippen molar-refractivity contribution < 1.29 is 9.59 Å². The van der Waals surface area contributed by atoms with Crippen LogP contribution in [0.15, 0.2) is 54.6 Å². The molecule has 0 radical (unpaired) electrons. The first-order chi connectivity index (χ1) is 15.8. The number of anilines is 1. The lowest BCUT2D eigenvalue weighted by molar-refractivity contribution is -0.123. The van der Waals surface area contributed by atoms with Gasteiger partial charge < -0.3 is 15.6 Å². The van der Waals surface area contributed by atoms with Gasteiger partial charge in [0.25, 0.3) is 5.91 Å². The average molecular weight is 445 g/mol. The number of piperidine rings is 1. The van der Waals surface area contributed by atoms with Gasteiger partial charge in [0.05, 0.1) is 11.5 Å². The maximum absolute atomic E-state index is 13.0. The van der Waals surface area contributed by atoms with Crippen molar-refractivity contribution in [1.82, 2.24) is 9.47 Å². The largest absolute Gasteiger partial charge is 0.369 e. The van der Waals surface area contributed by atoms with Gasteiger partial charge >= 0.3 is 0 Å². The normalized spacial score (nSPS) is 16.5. The van der Waals surface area contributed by atoms with Crippen LogP contribution in [0.3, 0.4) is 0 Å². The third-order valence-electron chi connectivity index (χ3n) is 6.56. The first-order valence-corrected chi connectivity index (χ1v) is 11.5. The number of nitrogens with zero attached hydrogens (tertiary/aromatic N) is 2. The molecule has 172 valence electrons. The molecule has 1 fully saturated rings. The van der Waals surface area contributed by atoms with E-state index in [0.717, 1.165) is 59.8 Å². The van der Waals surface area contributed by atoms with Crippen LogP contribution >= 0.6 is 0 Å². The highest BCUT2D eigenvalue weighted by Crippen LogP contribution is 2.24. The monoisotopic (exact) mass is 444 g/mol. The molecule has 0 bridgehead atoms. The Labute approximate surface area is 195 Å². The smallest absolute Gasteiger partial charge is 0.257 e. The maximum Gasteiger partial charge on any atom is 0.257 e. The SMILES string of the molecule is Cc1ccccc1-n1c(C)cc(C(=O)Nc2ccc(CN3CCCC(C(N)=O)C3)cc2)c1C. The zero-order valence-electron chi connectivity index (χ0n) is 19.6. The Kier molecular flexibility index (Phi) is 6.65. The lowest BCUT2D eigenvalue weighted by Gasteiger charge is -2.31. The minimum Gasteiger partial charge on any atom is -0.369 e. The van der Waals surface area contributed by atoms with Gasteiger partial charge in [0.15, 0.2) is 0 Å². The van der Waals surface area contributed by atoms with Crippen LogP contribution in [0.2, 0.25) is 0 Å². The summed E-state index contributed by atoms with van der Waals surface area (Å²) in [6.45, 7) is 8.54. The minimum atomic E-state index is -0.209. The van der Waals surface area contributed by atoms with Crippen LogP contribution in [0.4, 0.5) is 5.69 Å². The van der Waals surface area contributed by atoms with Crippen molar-refractivity contribution >= 4 is 17.5 Å². The molecule has 0 aliphatic carbocycles. The van der Waals surface area contributed by atoms with E-state index < -0.39 is 0 Å². The Morgan fingerprint density at radius 3 is 2.48 bits per heavy atom. The minimum absolute atomic E-state index is 0.0593. The topological polar surface area (TPSA) is 80.4 Å². The number of hydrogen-bond donors (Lipinski definition) is 2. The highest BCUT2D eigenvalue weighted by atomic mass is 16.2.